The standard InChI is InChI=1S/C11H20/c1-5-8-10(4)11(7-3)9-6-2/h5-6,8-11H,7H2,1-4H3. The molecule has 0 nitrogen and oxygen atoms in total. The van der Waals surface area contributed by atoms with Crippen LogP contribution >= 0.6 is 0 Å². The highest BCUT2D eigenvalue weighted by Gasteiger charge is 2.07. The van der Waals surface area contributed by atoms with Crippen LogP contribution in [0.15, 0.2) is 24.3 Å². The van der Waals surface area contributed by atoms with E-state index in [0.29, 0.717) is 5.92 Å². The van der Waals surface area contributed by atoms with Crippen molar-refractivity contribution in [1.82, 2.24) is 0 Å². The third-order valence-electron chi connectivity index (χ3n) is 2.08. The lowest BCUT2D eigenvalue weighted by Gasteiger charge is -2.14. The molecule has 0 saturated carbocycles. The normalized spacial score (nSPS) is 17.8. The summed E-state index contributed by atoms with van der Waals surface area (Å²) >= 11 is 0. The summed E-state index contributed by atoms with van der Waals surface area (Å²) in [4.78, 5) is 0. The molecule has 0 aromatic heterocycles. The first-order valence-electron chi connectivity index (χ1n) is 4.51. The largest absolute Gasteiger partial charge is 0.0914 e. The monoisotopic (exact) mass is 152 g/mol. The molecule has 0 fully saturated rings. The lowest BCUT2D eigenvalue weighted by molar-refractivity contribution is 0.496. The van der Waals surface area contributed by atoms with Gasteiger partial charge in [-0.05, 0) is 32.1 Å². The molecule has 0 heterocycles. The van der Waals surface area contributed by atoms with Crippen LogP contribution in [-0.4, -0.2) is 0 Å². The topological polar surface area (TPSA) is 0 Å². The summed E-state index contributed by atoms with van der Waals surface area (Å²) in [5.41, 5.74) is 0. The molecule has 2 atom stereocenters. The molecule has 0 saturated heterocycles. The molecule has 0 heteroatoms. The molecule has 2 unspecified atom stereocenters. The highest BCUT2D eigenvalue weighted by atomic mass is 14.1. The summed E-state index contributed by atoms with van der Waals surface area (Å²) in [7, 11) is 0. The van der Waals surface area contributed by atoms with Gasteiger partial charge in [-0.3, -0.25) is 0 Å². The van der Waals surface area contributed by atoms with Crippen molar-refractivity contribution in [2.75, 3.05) is 0 Å². The second kappa shape index (κ2) is 6.21. The van der Waals surface area contributed by atoms with Crippen LogP contribution in [0, 0.1) is 11.8 Å². The van der Waals surface area contributed by atoms with Crippen LogP contribution in [0.2, 0.25) is 0 Å². The fourth-order valence-electron chi connectivity index (χ4n) is 1.38. The number of allylic oxidation sites excluding steroid dienone is 4. The molecule has 64 valence electrons. The molecular formula is C11H20. The lowest BCUT2D eigenvalue weighted by Crippen LogP contribution is -2.04. The van der Waals surface area contributed by atoms with Crippen molar-refractivity contribution < 1.29 is 0 Å². The Bertz CT molecular complexity index is 131. The van der Waals surface area contributed by atoms with Gasteiger partial charge in [-0.2, -0.15) is 0 Å². The summed E-state index contributed by atoms with van der Waals surface area (Å²) in [5.74, 6) is 1.40. The van der Waals surface area contributed by atoms with Crippen LogP contribution < -0.4 is 0 Å². The fourth-order valence-corrected chi connectivity index (χ4v) is 1.38. The minimum absolute atomic E-state index is 0.682. The molecule has 0 bridgehead atoms. The summed E-state index contributed by atoms with van der Waals surface area (Å²) in [6.45, 7) is 8.68. The van der Waals surface area contributed by atoms with Gasteiger partial charge in [0.05, 0.1) is 0 Å². The molecule has 0 aromatic rings. The smallest absolute Gasteiger partial charge is 0.0176 e. The van der Waals surface area contributed by atoms with E-state index in [9.17, 15) is 0 Å². The van der Waals surface area contributed by atoms with Gasteiger partial charge in [0.25, 0.3) is 0 Å². The maximum atomic E-state index is 2.30. The van der Waals surface area contributed by atoms with Gasteiger partial charge in [0.1, 0.15) is 0 Å². The highest BCUT2D eigenvalue weighted by molar-refractivity contribution is 4.95. The van der Waals surface area contributed by atoms with E-state index < -0.39 is 0 Å². The molecule has 0 N–H and O–H groups in total. The van der Waals surface area contributed by atoms with Crippen LogP contribution in [0.3, 0.4) is 0 Å². The van der Waals surface area contributed by atoms with E-state index >= 15 is 0 Å². The second-order valence-electron chi connectivity index (χ2n) is 2.98. The number of rotatable bonds is 4. The van der Waals surface area contributed by atoms with E-state index in [1.807, 2.05) is 0 Å². The summed E-state index contributed by atoms with van der Waals surface area (Å²) in [6.07, 6.45) is 10.1. The van der Waals surface area contributed by atoms with Crippen molar-refractivity contribution in [3.8, 4) is 0 Å². The van der Waals surface area contributed by atoms with Gasteiger partial charge >= 0.3 is 0 Å². The maximum absolute atomic E-state index is 2.30. The van der Waals surface area contributed by atoms with Crippen LogP contribution in [0.5, 0.6) is 0 Å². The zero-order chi connectivity index (χ0) is 8.69. The van der Waals surface area contributed by atoms with Crippen LogP contribution in [-0.2, 0) is 0 Å². The van der Waals surface area contributed by atoms with Crippen molar-refractivity contribution in [1.29, 1.82) is 0 Å². The Morgan fingerprint density at radius 2 is 1.64 bits per heavy atom. The predicted molar refractivity (Wildman–Crippen MR) is 52.6 cm³/mol. The lowest BCUT2D eigenvalue weighted by atomic mass is 9.91. The Hall–Kier alpha value is -0.520. The number of hydrogen-bond acceptors (Lipinski definition) is 0. The summed E-state index contributed by atoms with van der Waals surface area (Å²) in [6, 6.07) is 0. The predicted octanol–water partition coefficient (Wildman–Crippen LogP) is 3.80. The van der Waals surface area contributed by atoms with Crippen molar-refractivity contribution in [2.24, 2.45) is 11.8 Å². The molecule has 0 aliphatic rings. The Labute approximate surface area is 71.0 Å². The zero-order valence-electron chi connectivity index (χ0n) is 8.17. The van der Waals surface area contributed by atoms with Crippen LogP contribution in [0.4, 0.5) is 0 Å². The average Bonchev–Trinajstić information content (AvgIpc) is 2.00. The first-order chi connectivity index (χ1) is 5.26. The van der Waals surface area contributed by atoms with Gasteiger partial charge in [0.2, 0.25) is 0 Å². The summed E-state index contributed by atoms with van der Waals surface area (Å²) < 4.78 is 0. The Kier molecular flexibility index (Phi) is 5.91. The summed E-state index contributed by atoms with van der Waals surface area (Å²) in [5, 5.41) is 0. The second-order valence-corrected chi connectivity index (χ2v) is 2.98. The third kappa shape index (κ3) is 4.02. The van der Waals surface area contributed by atoms with Crippen molar-refractivity contribution in [3.63, 3.8) is 0 Å². The van der Waals surface area contributed by atoms with E-state index in [-0.39, 0.29) is 0 Å². The van der Waals surface area contributed by atoms with E-state index in [0.717, 1.165) is 5.92 Å². The van der Waals surface area contributed by atoms with E-state index in [2.05, 4.69) is 52.0 Å². The molecule has 0 rings (SSSR count). The van der Waals surface area contributed by atoms with Crippen molar-refractivity contribution in [2.45, 2.75) is 34.1 Å². The molecular weight excluding hydrogens is 132 g/mol. The van der Waals surface area contributed by atoms with E-state index in [1.165, 1.54) is 6.42 Å². The first kappa shape index (κ1) is 10.5. The minimum atomic E-state index is 0.682. The van der Waals surface area contributed by atoms with Crippen LogP contribution in [0.25, 0.3) is 0 Å². The molecule has 0 radical (unpaired) electrons. The SMILES string of the molecule is CC=CC(C)C(C=CC)CC. The van der Waals surface area contributed by atoms with Gasteiger partial charge in [-0.25, -0.2) is 0 Å². The average molecular weight is 152 g/mol. The quantitative estimate of drug-likeness (QED) is 0.537. The molecule has 0 spiro atoms. The molecule has 0 aromatic carbocycles. The van der Waals surface area contributed by atoms with Gasteiger partial charge < -0.3 is 0 Å². The zero-order valence-corrected chi connectivity index (χ0v) is 8.17. The minimum Gasteiger partial charge on any atom is -0.0914 e. The van der Waals surface area contributed by atoms with Gasteiger partial charge in [-0.1, -0.05) is 38.2 Å². The highest BCUT2D eigenvalue weighted by Crippen LogP contribution is 2.17. The molecule has 0 aliphatic carbocycles. The fraction of sp³-hybridized carbons (Fsp3) is 0.636. The molecule has 0 aliphatic heterocycles. The van der Waals surface area contributed by atoms with Crippen LogP contribution in [0.1, 0.15) is 34.1 Å². The Morgan fingerprint density at radius 1 is 1.09 bits per heavy atom. The van der Waals surface area contributed by atoms with Gasteiger partial charge in [-0.15, -0.1) is 0 Å². The van der Waals surface area contributed by atoms with E-state index in [1.54, 1.807) is 0 Å². The Balaban J connectivity index is 4.01. The van der Waals surface area contributed by atoms with Gasteiger partial charge in [0, 0.05) is 0 Å². The molecule has 0 amide bonds. The number of hydrogen-bond donors (Lipinski definition) is 0. The first-order valence-corrected chi connectivity index (χ1v) is 4.51. The van der Waals surface area contributed by atoms with E-state index in [4.69, 9.17) is 0 Å². The third-order valence-corrected chi connectivity index (χ3v) is 2.08. The Morgan fingerprint density at radius 3 is 2.00 bits per heavy atom. The van der Waals surface area contributed by atoms with Crippen molar-refractivity contribution in [3.05, 3.63) is 24.3 Å². The van der Waals surface area contributed by atoms with Gasteiger partial charge in [0.15, 0.2) is 0 Å². The van der Waals surface area contributed by atoms with Crippen molar-refractivity contribution >= 4 is 0 Å². The molecule has 11 heavy (non-hydrogen) atoms. The maximum Gasteiger partial charge on any atom is -0.0176 e.